The second kappa shape index (κ2) is 9.14. The molecule has 0 spiro atoms. The molecule has 2 aromatic rings. The van der Waals surface area contributed by atoms with Crippen molar-refractivity contribution in [3.63, 3.8) is 0 Å². The van der Waals surface area contributed by atoms with Crippen LogP contribution in [0.25, 0.3) is 6.08 Å². The summed E-state index contributed by atoms with van der Waals surface area (Å²) in [4.78, 5) is 17.7. The van der Waals surface area contributed by atoms with Crippen molar-refractivity contribution in [3.8, 4) is 0 Å². The number of hydrogen-bond donors (Lipinski definition) is 0. The standard InChI is InChI=1S/C17H22N2OS.V/c1-4-5-8-17-18-15(12-19(17)3)10-14(13(2)20)11-16-7-6-9-21-16;/h6-7,9-10,12H,4-5,8,11H2,1-3H3;/b14-10+;. The summed E-state index contributed by atoms with van der Waals surface area (Å²) in [6.07, 6.45) is 7.91. The van der Waals surface area contributed by atoms with Crippen molar-refractivity contribution in [2.75, 3.05) is 0 Å². The molecule has 0 aromatic carbocycles. The summed E-state index contributed by atoms with van der Waals surface area (Å²) in [6.45, 7) is 3.80. The van der Waals surface area contributed by atoms with Crippen LogP contribution in [0.5, 0.6) is 0 Å². The Morgan fingerprint density at radius 3 is 2.82 bits per heavy atom. The number of hydrogen-bond acceptors (Lipinski definition) is 3. The van der Waals surface area contributed by atoms with Crippen LogP contribution in [0.1, 0.15) is 43.1 Å². The van der Waals surface area contributed by atoms with Gasteiger partial charge in [0.15, 0.2) is 5.78 Å². The number of unbranched alkanes of at least 4 members (excludes halogenated alkanes) is 1. The largest absolute Gasteiger partial charge is 0.337 e. The van der Waals surface area contributed by atoms with Crippen molar-refractivity contribution in [2.45, 2.75) is 39.5 Å². The third-order valence-corrected chi connectivity index (χ3v) is 4.34. The van der Waals surface area contributed by atoms with Crippen molar-refractivity contribution >= 4 is 23.2 Å². The number of aromatic nitrogens is 2. The molecule has 2 heterocycles. The van der Waals surface area contributed by atoms with Gasteiger partial charge in [-0.05, 0) is 30.9 Å². The van der Waals surface area contributed by atoms with Crippen LogP contribution in [0, 0.1) is 0 Å². The Kier molecular flexibility index (Phi) is 7.87. The molecule has 0 saturated carbocycles. The van der Waals surface area contributed by atoms with Crippen LogP contribution in [-0.2, 0) is 43.2 Å². The fraction of sp³-hybridized carbons (Fsp3) is 0.412. The molecule has 0 aliphatic carbocycles. The third kappa shape index (κ3) is 5.27. The van der Waals surface area contributed by atoms with E-state index < -0.39 is 0 Å². The van der Waals surface area contributed by atoms with Gasteiger partial charge < -0.3 is 4.57 Å². The average molecular weight is 353 g/mol. The van der Waals surface area contributed by atoms with Gasteiger partial charge in [0.1, 0.15) is 5.82 Å². The van der Waals surface area contributed by atoms with Crippen LogP contribution >= 0.6 is 11.3 Å². The van der Waals surface area contributed by atoms with Gasteiger partial charge in [0, 0.05) is 55.1 Å². The van der Waals surface area contributed by atoms with Crippen LogP contribution in [0.2, 0.25) is 0 Å². The molecule has 0 amide bonds. The Morgan fingerprint density at radius 1 is 1.45 bits per heavy atom. The van der Waals surface area contributed by atoms with Gasteiger partial charge in [-0.3, -0.25) is 4.79 Å². The number of allylic oxidation sites excluding steroid dienone is 1. The summed E-state index contributed by atoms with van der Waals surface area (Å²) in [5.41, 5.74) is 1.70. The number of carbonyl (C=O) groups is 1. The molecule has 5 heteroatoms. The van der Waals surface area contributed by atoms with Crippen molar-refractivity contribution in [1.29, 1.82) is 0 Å². The second-order valence-electron chi connectivity index (χ2n) is 5.28. The van der Waals surface area contributed by atoms with Crippen LogP contribution in [0.4, 0.5) is 0 Å². The molecule has 0 atom stereocenters. The molecular formula is C17H22N2OSV. The van der Waals surface area contributed by atoms with Gasteiger partial charge in [0.05, 0.1) is 5.69 Å². The first-order chi connectivity index (χ1) is 10.1. The second-order valence-corrected chi connectivity index (χ2v) is 6.31. The molecule has 1 radical (unpaired) electrons. The Bertz CT molecular complexity index is 629. The summed E-state index contributed by atoms with van der Waals surface area (Å²) in [5.74, 6) is 1.20. The molecule has 2 aromatic heterocycles. The zero-order valence-electron chi connectivity index (χ0n) is 13.4. The molecule has 22 heavy (non-hydrogen) atoms. The molecule has 0 bridgehead atoms. The number of thiophene rings is 1. The van der Waals surface area contributed by atoms with Crippen LogP contribution in [0.3, 0.4) is 0 Å². The summed E-state index contributed by atoms with van der Waals surface area (Å²) in [6, 6.07) is 4.08. The summed E-state index contributed by atoms with van der Waals surface area (Å²) >= 11 is 1.68. The van der Waals surface area contributed by atoms with Crippen LogP contribution < -0.4 is 0 Å². The van der Waals surface area contributed by atoms with E-state index in [2.05, 4.69) is 22.5 Å². The van der Waals surface area contributed by atoms with Gasteiger partial charge in [-0.15, -0.1) is 11.3 Å². The van der Waals surface area contributed by atoms with E-state index in [-0.39, 0.29) is 24.3 Å². The smallest absolute Gasteiger partial charge is 0.156 e. The fourth-order valence-electron chi connectivity index (χ4n) is 2.22. The molecule has 0 fully saturated rings. The molecule has 0 aliphatic rings. The van der Waals surface area contributed by atoms with Crippen LogP contribution in [-0.4, -0.2) is 15.3 Å². The van der Waals surface area contributed by atoms with Gasteiger partial charge in [0.2, 0.25) is 0 Å². The zero-order valence-corrected chi connectivity index (χ0v) is 15.6. The minimum Gasteiger partial charge on any atom is -0.337 e. The van der Waals surface area contributed by atoms with Crippen molar-refractivity contribution in [1.82, 2.24) is 9.55 Å². The molecule has 117 valence electrons. The summed E-state index contributed by atoms with van der Waals surface area (Å²) in [7, 11) is 2.02. The number of imidazole rings is 1. The van der Waals surface area contributed by atoms with E-state index >= 15 is 0 Å². The molecular weight excluding hydrogens is 331 g/mol. The third-order valence-electron chi connectivity index (χ3n) is 3.46. The first-order valence-corrected chi connectivity index (χ1v) is 8.24. The predicted octanol–water partition coefficient (Wildman–Crippen LogP) is 4.04. The van der Waals surface area contributed by atoms with Gasteiger partial charge in [-0.1, -0.05) is 19.4 Å². The topological polar surface area (TPSA) is 34.9 Å². The normalized spacial score (nSPS) is 11.3. The van der Waals surface area contributed by atoms with E-state index in [0.717, 1.165) is 36.4 Å². The molecule has 0 unspecified atom stereocenters. The number of nitrogens with zero attached hydrogens (tertiary/aromatic N) is 2. The van der Waals surface area contributed by atoms with E-state index in [9.17, 15) is 4.79 Å². The molecule has 0 saturated heterocycles. The number of ketones is 1. The van der Waals surface area contributed by atoms with Gasteiger partial charge in [-0.25, -0.2) is 4.98 Å². The van der Waals surface area contributed by atoms with Gasteiger partial charge in [-0.2, -0.15) is 0 Å². The molecule has 2 rings (SSSR count). The summed E-state index contributed by atoms with van der Waals surface area (Å²) in [5, 5.41) is 2.04. The Balaban J connectivity index is 0.00000242. The SMILES string of the molecule is CCCCc1nc(/C=C(\Cc2cccs2)C(C)=O)cn1C.[V]. The fourth-order valence-corrected chi connectivity index (χ4v) is 2.95. The quantitative estimate of drug-likeness (QED) is 0.704. The molecule has 0 aliphatic heterocycles. The number of Topliss-reactive ketones (excluding diaryl/α,β-unsaturated/α-hetero) is 1. The monoisotopic (exact) mass is 353 g/mol. The van der Waals surface area contributed by atoms with Crippen molar-refractivity contribution in [2.24, 2.45) is 7.05 Å². The Morgan fingerprint density at radius 2 is 2.23 bits per heavy atom. The number of aryl methyl sites for hydroxylation is 2. The first kappa shape index (κ1) is 19.0. The van der Waals surface area contributed by atoms with Crippen LogP contribution in [0.15, 0.2) is 29.3 Å². The zero-order chi connectivity index (χ0) is 15.2. The average Bonchev–Trinajstić information content (AvgIpc) is 3.06. The predicted molar refractivity (Wildman–Crippen MR) is 88.5 cm³/mol. The van der Waals surface area contributed by atoms with E-state index in [1.807, 2.05) is 30.8 Å². The maximum atomic E-state index is 11.8. The minimum atomic E-state index is 0. The van der Waals surface area contributed by atoms with Crippen molar-refractivity contribution < 1.29 is 23.4 Å². The number of rotatable bonds is 7. The Hall–Kier alpha value is -1.10. The van der Waals surface area contributed by atoms with Gasteiger partial charge in [0.25, 0.3) is 0 Å². The number of carbonyl (C=O) groups excluding carboxylic acids is 1. The summed E-state index contributed by atoms with van der Waals surface area (Å²) < 4.78 is 2.06. The molecule has 3 nitrogen and oxygen atoms in total. The molecule has 0 N–H and O–H groups in total. The minimum absolute atomic E-state index is 0. The maximum Gasteiger partial charge on any atom is 0.156 e. The van der Waals surface area contributed by atoms with Gasteiger partial charge >= 0.3 is 0 Å². The van der Waals surface area contributed by atoms with E-state index in [1.165, 1.54) is 4.88 Å². The van der Waals surface area contributed by atoms with Crippen molar-refractivity contribution in [3.05, 3.63) is 45.7 Å². The maximum absolute atomic E-state index is 11.8. The first-order valence-electron chi connectivity index (χ1n) is 7.36. The Labute approximate surface area is 148 Å². The van der Waals surface area contributed by atoms with E-state index in [1.54, 1.807) is 18.3 Å². The van der Waals surface area contributed by atoms with E-state index in [0.29, 0.717) is 6.42 Å². The van der Waals surface area contributed by atoms with E-state index in [4.69, 9.17) is 0 Å².